The van der Waals surface area contributed by atoms with Crippen LogP contribution in [0.5, 0.6) is 5.75 Å². The van der Waals surface area contributed by atoms with Gasteiger partial charge in [-0.3, -0.25) is 9.88 Å². The minimum atomic E-state index is -4.15. The highest BCUT2D eigenvalue weighted by Crippen LogP contribution is 2.32. The number of benzene rings is 1. The van der Waals surface area contributed by atoms with Gasteiger partial charge < -0.3 is 10.1 Å². The number of methoxy groups -OCH3 is 1. The van der Waals surface area contributed by atoms with Crippen LogP contribution in [0, 0.1) is 6.92 Å². The van der Waals surface area contributed by atoms with Crippen molar-refractivity contribution in [3.63, 3.8) is 0 Å². The molecule has 4 nitrogen and oxygen atoms in total. The Hall–Kier alpha value is -2.02. The minimum absolute atomic E-state index is 0.0112. The SMILES string of the molecule is COc1cccc2c(NC3CCN(CC(F)(F)F)C3)c(C)cnc12. The van der Waals surface area contributed by atoms with Gasteiger partial charge in [0.1, 0.15) is 11.3 Å². The number of aromatic nitrogens is 1. The lowest BCUT2D eigenvalue weighted by molar-refractivity contribution is -0.143. The number of pyridine rings is 1. The van der Waals surface area contributed by atoms with Gasteiger partial charge in [0.25, 0.3) is 0 Å². The number of nitrogens with one attached hydrogen (secondary N) is 1. The van der Waals surface area contributed by atoms with Crippen LogP contribution in [0.4, 0.5) is 18.9 Å². The average Bonchev–Trinajstić information content (AvgIpc) is 2.94. The zero-order valence-corrected chi connectivity index (χ0v) is 13.7. The maximum absolute atomic E-state index is 12.5. The largest absolute Gasteiger partial charge is 0.494 e. The van der Waals surface area contributed by atoms with Crippen molar-refractivity contribution in [2.45, 2.75) is 25.6 Å². The molecule has 1 saturated heterocycles. The number of hydrogen-bond acceptors (Lipinski definition) is 4. The molecular formula is C17H20F3N3O. The maximum Gasteiger partial charge on any atom is 0.401 e. The Balaban J connectivity index is 1.82. The van der Waals surface area contributed by atoms with Crippen LogP contribution in [0.25, 0.3) is 10.9 Å². The molecule has 0 aliphatic carbocycles. The molecule has 2 aromatic rings. The Bertz CT molecular complexity index is 733. The molecule has 7 heteroatoms. The number of fused-ring (bicyclic) bond motifs is 1. The zero-order valence-electron chi connectivity index (χ0n) is 13.7. The van der Waals surface area contributed by atoms with E-state index in [9.17, 15) is 13.2 Å². The summed E-state index contributed by atoms with van der Waals surface area (Å²) >= 11 is 0. The minimum Gasteiger partial charge on any atom is -0.494 e. The fraction of sp³-hybridized carbons (Fsp3) is 0.471. The summed E-state index contributed by atoms with van der Waals surface area (Å²) in [4.78, 5) is 5.87. The molecule has 1 aliphatic rings. The summed E-state index contributed by atoms with van der Waals surface area (Å²) in [6, 6.07) is 5.67. The molecule has 1 aliphatic heterocycles. The van der Waals surface area contributed by atoms with Crippen LogP contribution in [-0.2, 0) is 0 Å². The third-order valence-electron chi connectivity index (χ3n) is 4.29. The first-order valence-electron chi connectivity index (χ1n) is 7.85. The molecule has 0 bridgehead atoms. The van der Waals surface area contributed by atoms with E-state index in [2.05, 4.69) is 10.3 Å². The molecule has 0 saturated carbocycles. The van der Waals surface area contributed by atoms with Gasteiger partial charge in [0.05, 0.1) is 13.7 Å². The van der Waals surface area contributed by atoms with Crippen molar-refractivity contribution in [2.24, 2.45) is 0 Å². The van der Waals surface area contributed by atoms with E-state index < -0.39 is 12.7 Å². The third kappa shape index (κ3) is 3.56. The highest BCUT2D eigenvalue weighted by molar-refractivity contribution is 5.96. The second-order valence-electron chi connectivity index (χ2n) is 6.15. The van der Waals surface area contributed by atoms with Crippen molar-refractivity contribution in [1.29, 1.82) is 0 Å². The highest BCUT2D eigenvalue weighted by atomic mass is 19.4. The smallest absolute Gasteiger partial charge is 0.401 e. The number of halogens is 3. The van der Waals surface area contributed by atoms with Crippen LogP contribution in [0.15, 0.2) is 24.4 Å². The summed E-state index contributed by atoms with van der Waals surface area (Å²) in [7, 11) is 1.59. The maximum atomic E-state index is 12.5. The van der Waals surface area contributed by atoms with Gasteiger partial charge in [-0.05, 0) is 25.0 Å². The summed E-state index contributed by atoms with van der Waals surface area (Å²) in [6.45, 7) is 1.92. The Morgan fingerprint density at radius 3 is 2.88 bits per heavy atom. The average molecular weight is 339 g/mol. The van der Waals surface area contributed by atoms with Crippen LogP contribution in [0.3, 0.4) is 0 Å². The molecule has 130 valence electrons. The molecule has 0 amide bonds. The molecule has 3 rings (SSSR count). The standard InChI is InChI=1S/C17H20F3N3O/c1-11-8-21-16-13(4-3-5-14(16)24-2)15(11)22-12-6-7-23(9-12)10-17(18,19)20/h3-5,8,12H,6-7,9-10H2,1-2H3,(H,21,22). The fourth-order valence-corrected chi connectivity index (χ4v) is 3.20. The number of alkyl halides is 3. The van der Waals surface area contributed by atoms with E-state index in [0.717, 1.165) is 22.2 Å². The van der Waals surface area contributed by atoms with E-state index in [1.165, 1.54) is 4.90 Å². The Labute approximate surface area is 138 Å². The zero-order chi connectivity index (χ0) is 17.3. The molecule has 0 spiro atoms. The van der Waals surface area contributed by atoms with Crippen molar-refractivity contribution in [3.8, 4) is 5.75 Å². The molecule has 24 heavy (non-hydrogen) atoms. The first kappa shape index (κ1) is 16.8. The second-order valence-corrected chi connectivity index (χ2v) is 6.15. The van der Waals surface area contributed by atoms with Crippen molar-refractivity contribution in [2.75, 3.05) is 32.1 Å². The second kappa shape index (κ2) is 6.47. The molecular weight excluding hydrogens is 319 g/mol. The number of nitrogens with zero attached hydrogens (tertiary/aromatic N) is 2. The normalized spacial score (nSPS) is 19.0. The quantitative estimate of drug-likeness (QED) is 0.924. The summed E-state index contributed by atoms with van der Waals surface area (Å²) in [5, 5.41) is 4.33. The molecule has 1 unspecified atom stereocenters. The summed E-state index contributed by atoms with van der Waals surface area (Å²) < 4.78 is 42.9. The number of aryl methyl sites for hydroxylation is 1. The van der Waals surface area contributed by atoms with Gasteiger partial charge in [-0.25, -0.2) is 0 Å². The Morgan fingerprint density at radius 2 is 2.17 bits per heavy atom. The fourth-order valence-electron chi connectivity index (χ4n) is 3.20. The number of anilines is 1. The Morgan fingerprint density at radius 1 is 1.38 bits per heavy atom. The number of para-hydroxylation sites is 1. The molecule has 1 N–H and O–H groups in total. The first-order valence-corrected chi connectivity index (χ1v) is 7.85. The van der Waals surface area contributed by atoms with Crippen molar-refractivity contribution >= 4 is 16.6 Å². The predicted molar refractivity (Wildman–Crippen MR) is 87.6 cm³/mol. The van der Waals surface area contributed by atoms with Gasteiger partial charge in [-0.1, -0.05) is 12.1 Å². The summed E-state index contributed by atoms with van der Waals surface area (Å²) in [5.41, 5.74) is 2.63. The lowest BCUT2D eigenvalue weighted by atomic mass is 10.1. The van der Waals surface area contributed by atoms with Crippen LogP contribution < -0.4 is 10.1 Å². The topological polar surface area (TPSA) is 37.4 Å². The molecule has 1 aromatic carbocycles. The summed E-state index contributed by atoms with van der Waals surface area (Å²) in [6.07, 6.45) is -1.71. The van der Waals surface area contributed by atoms with Crippen molar-refractivity contribution in [1.82, 2.24) is 9.88 Å². The van der Waals surface area contributed by atoms with E-state index in [0.29, 0.717) is 25.3 Å². The van der Waals surface area contributed by atoms with Crippen LogP contribution >= 0.6 is 0 Å². The number of hydrogen-bond donors (Lipinski definition) is 1. The van der Waals surface area contributed by atoms with Gasteiger partial charge in [0, 0.05) is 36.4 Å². The van der Waals surface area contributed by atoms with E-state index in [4.69, 9.17) is 4.74 Å². The van der Waals surface area contributed by atoms with E-state index in [1.807, 2.05) is 25.1 Å². The third-order valence-corrected chi connectivity index (χ3v) is 4.29. The monoisotopic (exact) mass is 339 g/mol. The highest BCUT2D eigenvalue weighted by Gasteiger charge is 2.34. The molecule has 1 atom stereocenters. The van der Waals surface area contributed by atoms with Crippen molar-refractivity contribution < 1.29 is 17.9 Å². The van der Waals surface area contributed by atoms with Gasteiger partial charge in [-0.2, -0.15) is 13.2 Å². The van der Waals surface area contributed by atoms with Gasteiger partial charge in [-0.15, -0.1) is 0 Å². The van der Waals surface area contributed by atoms with Gasteiger partial charge >= 0.3 is 6.18 Å². The number of likely N-dealkylation sites (tertiary alicyclic amines) is 1. The Kier molecular flexibility index (Phi) is 4.54. The predicted octanol–water partition coefficient (Wildman–Crippen LogP) is 3.60. The van der Waals surface area contributed by atoms with Crippen LogP contribution in [-0.4, -0.2) is 48.8 Å². The molecule has 2 heterocycles. The first-order chi connectivity index (χ1) is 11.4. The lowest BCUT2D eigenvalue weighted by Crippen LogP contribution is -2.34. The summed E-state index contributed by atoms with van der Waals surface area (Å²) in [5.74, 6) is 0.681. The van der Waals surface area contributed by atoms with Crippen LogP contribution in [0.2, 0.25) is 0 Å². The number of rotatable bonds is 4. The lowest BCUT2D eigenvalue weighted by Gasteiger charge is -2.20. The molecule has 1 fully saturated rings. The van der Waals surface area contributed by atoms with E-state index in [-0.39, 0.29) is 6.04 Å². The van der Waals surface area contributed by atoms with Crippen LogP contribution in [0.1, 0.15) is 12.0 Å². The molecule has 0 radical (unpaired) electrons. The van der Waals surface area contributed by atoms with Gasteiger partial charge in [0.2, 0.25) is 0 Å². The number of ether oxygens (including phenoxy) is 1. The van der Waals surface area contributed by atoms with Crippen molar-refractivity contribution in [3.05, 3.63) is 30.0 Å². The van der Waals surface area contributed by atoms with Gasteiger partial charge in [0.15, 0.2) is 0 Å². The van der Waals surface area contributed by atoms with E-state index in [1.54, 1.807) is 13.3 Å². The molecule has 1 aromatic heterocycles. The van der Waals surface area contributed by atoms with E-state index >= 15 is 0 Å².